The molecule has 0 radical (unpaired) electrons. The number of hydrogen-bond donors (Lipinski definition) is 1. The summed E-state index contributed by atoms with van der Waals surface area (Å²) >= 11 is 5.48. The highest BCUT2D eigenvalue weighted by Crippen LogP contribution is 1.85. The zero-order valence-electron chi connectivity index (χ0n) is 7.15. The number of rotatable bonds is 5. The van der Waals surface area contributed by atoms with Gasteiger partial charge in [0.1, 0.15) is 0 Å². The first kappa shape index (κ1) is 10.2. The Balaban J connectivity index is 3.04. The third-order valence-corrected chi connectivity index (χ3v) is 1.42. The van der Waals surface area contributed by atoms with Crippen molar-refractivity contribution in [3.05, 3.63) is 0 Å². The molecule has 0 aromatic rings. The molecule has 62 valence electrons. The van der Waals surface area contributed by atoms with Crippen molar-refractivity contribution in [2.75, 3.05) is 46.7 Å². The molecule has 0 heterocycles. The molecule has 0 aliphatic rings. The van der Waals surface area contributed by atoms with Gasteiger partial charge in [-0.1, -0.05) is 0 Å². The maximum Gasteiger partial charge on any atom is 0.0907 e. The zero-order valence-corrected chi connectivity index (χ0v) is 7.91. The second kappa shape index (κ2) is 4.94. The molecule has 0 aliphatic heterocycles. The molecule has 0 unspecified atom stereocenters. The minimum absolute atomic E-state index is 0.705. The second-order valence-electron chi connectivity index (χ2n) is 3.45. The third-order valence-electron chi connectivity index (χ3n) is 1.23. The van der Waals surface area contributed by atoms with Gasteiger partial charge in [-0.25, -0.2) is 0 Å². The molecule has 0 aliphatic carbocycles. The lowest BCUT2D eigenvalue weighted by Gasteiger charge is -2.23. The van der Waals surface area contributed by atoms with E-state index in [1.165, 1.54) is 0 Å². The number of nitrogens with one attached hydrogen (secondary N) is 1. The molecule has 1 N–H and O–H groups in total. The van der Waals surface area contributed by atoms with Gasteiger partial charge < -0.3 is 9.80 Å². The second-order valence-corrected chi connectivity index (χ2v) is 3.83. The van der Waals surface area contributed by atoms with Crippen LogP contribution in [0.15, 0.2) is 0 Å². The summed E-state index contributed by atoms with van der Waals surface area (Å²) in [5.41, 5.74) is 0. The fourth-order valence-electron chi connectivity index (χ4n) is 0.606. The summed E-state index contributed by atoms with van der Waals surface area (Å²) in [7, 11) is 6.55. The zero-order chi connectivity index (χ0) is 8.04. The Labute approximate surface area is 68.8 Å². The number of likely N-dealkylation sites (N-methyl/N-ethyl adjacent to an activating group) is 1. The van der Waals surface area contributed by atoms with E-state index in [-0.39, 0.29) is 0 Å². The van der Waals surface area contributed by atoms with E-state index in [1.807, 2.05) is 0 Å². The number of alkyl halides is 1. The van der Waals surface area contributed by atoms with Crippen molar-refractivity contribution in [3.8, 4) is 0 Å². The highest BCUT2D eigenvalue weighted by atomic mass is 35.5. The van der Waals surface area contributed by atoms with Crippen molar-refractivity contribution in [1.29, 1.82) is 0 Å². The number of quaternary nitrogens is 1. The van der Waals surface area contributed by atoms with Gasteiger partial charge >= 0.3 is 0 Å². The van der Waals surface area contributed by atoms with Crippen molar-refractivity contribution in [3.63, 3.8) is 0 Å². The standard InChI is InChI=1S/C7H18ClN2/c1-10(2,3)7-6-9-5-4-8/h9H,4-7H2,1-3H3/q+1. The lowest BCUT2D eigenvalue weighted by molar-refractivity contribution is -0.869. The average molecular weight is 166 g/mol. The van der Waals surface area contributed by atoms with Crippen LogP contribution in [0.4, 0.5) is 0 Å². The Bertz CT molecular complexity index is 78.2. The summed E-state index contributed by atoms with van der Waals surface area (Å²) in [6.07, 6.45) is 0. The lowest BCUT2D eigenvalue weighted by Crippen LogP contribution is -2.40. The van der Waals surface area contributed by atoms with E-state index < -0.39 is 0 Å². The van der Waals surface area contributed by atoms with Gasteiger partial charge in [-0.15, -0.1) is 11.6 Å². The van der Waals surface area contributed by atoms with Crippen LogP contribution in [-0.4, -0.2) is 51.1 Å². The predicted molar refractivity (Wildman–Crippen MR) is 46.5 cm³/mol. The molecule has 0 aromatic carbocycles. The fourth-order valence-corrected chi connectivity index (χ4v) is 0.740. The molecule has 0 fully saturated rings. The van der Waals surface area contributed by atoms with E-state index in [0.717, 1.165) is 24.1 Å². The van der Waals surface area contributed by atoms with Crippen LogP contribution in [0.5, 0.6) is 0 Å². The van der Waals surface area contributed by atoms with Gasteiger partial charge in [0, 0.05) is 19.0 Å². The van der Waals surface area contributed by atoms with Crippen molar-refractivity contribution in [2.24, 2.45) is 0 Å². The molecule has 0 saturated heterocycles. The minimum Gasteiger partial charge on any atom is -0.330 e. The van der Waals surface area contributed by atoms with E-state index in [0.29, 0.717) is 5.88 Å². The predicted octanol–water partition coefficient (Wildman–Crippen LogP) is 0.521. The fraction of sp³-hybridized carbons (Fsp3) is 1.00. The molecule has 0 aromatic heterocycles. The van der Waals surface area contributed by atoms with E-state index in [2.05, 4.69) is 26.5 Å². The quantitative estimate of drug-likeness (QED) is 0.356. The van der Waals surface area contributed by atoms with Crippen molar-refractivity contribution in [2.45, 2.75) is 0 Å². The van der Waals surface area contributed by atoms with Gasteiger partial charge in [0.2, 0.25) is 0 Å². The Morgan fingerprint density at radius 3 is 2.20 bits per heavy atom. The summed E-state index contributed by atoms with van der Waals surface area (Å²) < 4.78 is 1.01. The molecule has 10 heavy (non-hydrogen) atoms. The molecule has 0 atom stereocenters. The Morgan fingerprint density at radius 2 is 1.80 bits per heavy atom. The lowest BCUT2D eigenvalue weighted by atomic mass is 10.5. The first-order valence-electron chi connectivity index (χ1n) is 3.63. The van der Waals surface area contributed by atoms with Gasteiger partial charge in [0.25, 0.3) is 0 Å². The van der Waals surface area contributed by atoms with Crippen molar-refractivity contribution in [1.82, 2.24) is 5.32 Å². The first-order valence-corrected chi connectivity index (χ1v) is 4.17. The summed E-state index contributed by atoms with van der Waals surface area (Å²) in [5, 5.41) is 3.24. The normalized spacial score (nSPS) is 12.0. The molecule has 0 saturated carbocycles. The molecule has 0 amide bonds. The van der Waals surface area contributed by atoms with Crippen molar-refractivity contribution < 1.29 is 4.48 Å². The van der Waals surface area contributed by atoms with Crippen LogP contribution in [-0.2, 0) is 0 Å². The largest absolute Gasteiger partial charge is 0.330 e. The van der Waals surface area contributed by atoms with Crippen LogP contribution in [0.1, 0.15) is 0 Å². The number of nitrogens with zero attached hydrogens (tertiary/aromatic N) is 1. The Hall–Kier alpha value is 0.210. The highest BCUT2D eigenvalue weighted by Gasteiger charge is 2.03. The third kappa shape index (κ3) is 8.21. The Morgan fingerprint density at radius 1 is 1.20 bits per heavy atom. The molecule has 0 bridgehead atoms. The van der Waals surface area contributed by atoms with Crippen molar-refractivity contribution >= 4 is 11.6 Å². The SMILES string of the molecule is C[N+](C)(C)CCNCCCl. The van der Waals surface area contributed by atoms with E-state index >= 15 is 0 Å². The van der Waals surface area contributed by atoms with Gasteiger partial charge in [-0.3, -0.25) is 0 Å². The highest BCUT2D eigenvalue weighted by molar-refractivity contribution is 6.18. The van der Waals surface area contributed by atoms with E-state index in [1.54, 1.807) is 0 Å². The number of hydrogen-bond acceptors (Lipinski definition) is 1. The summed E-state index contributed by atoms with van der Waals surface area (Å²) in [6, 6.07) is 0. The first-order chi connectivity index (χ1) is 4.56. The average Bonchev–Trinajstić information content (AvgIpc) is 1.78. The maximum atomic E-state index is 5.48. The monoisotopic (exact) mass is 165 g/mol. The minimum atomic E-state index is 0.705. The van der Waals surface area contributed by atoms with E-state index in [9.17, 15) is 0 Å². The van der Waals surface area contributed by atoms with Crippen LogP contribution in [0, 0.1) is 0 Å². The maximum absolute atomic E-state index is 5.48. The topological polar surface area (TPSA) is 12.0 Å². The molecule has 0 spiro atoms. The molecule has 3 heteroatoms. The Kier molecular flexibility index (Phi) is 5.04. The van der Waals surface area contributed by atoms with Gasteiger partial charge in [-0.2, -0.15) is 0 Å². The van der Waals surface area contributed by atoms with Crippen LogP contribution in [0.3, 0.4) is 0 Å². The van der Waals surface area contributed by atoms with Crippen LogP contribution in [0.2, 0.25) is 0 Å². The van der Waals surface area contributed by atoms with Gasteiger partial charge in [-0.05, 0) is 0 Å². The summed E-state index contributed by atoms with van der Waals surface area (Å²) in [6.45, 7) is 3.12. The van der Waals surface area contributed by atoms with Gasteiger partial charge in [0.15, 0.2) is 0 Å². The molecular formula is C7H18ClN2+. The summed E-state index contributed by atoms with van der Waals surface area (Å²) in [4.78, 5) is 0. The van der Waals surface area contributed by atoms with Crippen LogP contribution < -0.4 is 5.32 Å². The van der Waals surface area contributed by atoms with E-state index in [4.69, 9.17) is 11.6 Å². The van der Waals surface area contributed by atoms with Crippen LogP contribution >= 0.6 is 11.6 Å². The smallest absolute Gasteiger partial charge is 0.0907 e. The molecule has 0 rings (SSSR count). The molecular weight excluding hydrogens is 148 g/mol. The molecule has 2 nitrogen and oxygen atoms in total. The number of halogens is 1. The van der Waals surface area contributed by atoms with Gasteiger partial charge in [0.05, 0.1) is 27.7 Å². The van der Waals surface area contributed by atoms with Crippen LogP contribution in [0.25, 0.3) is 0 Å². The summed E-state index contributed by atoms with van der Waals surface area (Å²) in [5.74, 6) is 0.705.